The summed E-state index contributed by atoms with van der Waals surface area (Å²) in [4.78, 5) is 0. The third-order valence-electron chi connectivity index (χ3n) is 4.96. The number of hydrogen-bond donors (Lipinski definition) is 0. The summed E-state index contributed by atoms with van der Waals surface area (Å²) in [6.07, 6.45) is 2.05. The van der Waals surface area contributed by atoms with Crippen LogP contribution in [0.3, 0.4) is 0 Å². The van der Waals surface area contributed by atoms with E-state index in [0.717, 1.165) is 33.5 Å². The van der Waals surface area contributed by atoms with Crippen LogP contribution in [0.4, 0.5) is 0 Å². The molecule has 4 nitrogen and oxygen atoms in total. The first kappa shape index (κ1) is 15.7. The van der Waals surface area contributed by atoms with Crippen molar-refractivity contribution in [1.82, 2.24) is 20.0 Å². The number of aryl methyl sites for hydroxylation is 2. The normalized spacial score (nSPS) is 11.3. The minimum atomic E-state index is 0.833. The highest BCUT2D eigenvalue weighted by Crippen LogP contribution is 2.32. The van der Waals surface area contributed by atoms with Crippen molar-refractivity contribution < 1.29 is 0 Å². The Bertz CT molecular complexity index is 1280. The molecule has 5 aromatic rings. The van der Waals surface area contributed by atoms with E-state index in [1.54, 1.807) is 0 Å². The van der Waals surface area contributed by atoms with E-state index in [-0.39, 0.29) is 0 Å². The summed E-state index contributed by atoms with van der Waals surface area (Å²) in [5.41, 5.74) is 5.92. The van der Waals surface area contributed by atoms with Gasteiger partial charge in [-0.1, -0.05) is 60.2 Å². The van der Waals surface area contributed by atoms with Crippen LogP contribution in [0, 0.1) is 13.8 Å². The monoisotopic (exact) mass is 350 g/mol. The number of rotatable bonds is 2. The van der Waals surface area contributed by atoms with Gasteiger partial charge in [0.15, 0.2) is 0 Å². The van der Waals surface area contributed by atoms with Gasteiger partial charge in [-0.15, -0.1) is 5.10 Å². The van der Waals surface area contributed by atoms with Crippen molar-refractivity contribution in [2.45, 2.75) is 13.8 Å². The second kappa shape index (κ2) is 6.02. The van der Waals surface area contributed by atoms with Gasteiger partial charge in [0, 0.05) is 11.8 Å². The summed E-state index contributed by atoms with van der Waals surface area (Å²) in [5.74, 6) is 0. The predicted octanol–water partition coefficient (Wildman–Crippen LogP) is 5.25. The van der Waals surface area contributed by atoms with Crippen LogP contribution in [0.1, 0.15) is 11.3 Å². The van der Waals surface area contributed by atoms with E-state index in [1.165, 1.54) is 16.3 Å². The minimum Gasteiger partial charge on any atom is -0.240 e. The van der Waals surface area contributed by atoms with Gasteiger partial charge in [0.2, 0.25) is 0 Å². The second-order valence-corrected chi connectivity index (χ2v) is 6.83. The maximum atomic E-state index is 4.79. The van der Waals surface area contributed by atoms with E-state index in [4.69, 9.17) is 5.10 Å². The highest BCUT2D eigenvalue weighted by molar-refractivity contribution is 6.03. The lowest BCUT2D eigenvalue weighted by Gasteiger charge is -2.06. The van der Waals surface area contributed by atoms with Crippen molar-refractivity contribution in [2.24, 2.45) is 0 Å². The third-order valence-corrected chi connectivity index (χ3v) is 4.96. The standard InChI is InChI=1S/C23H18N4/c1-15-10-12-18(13-11-15)27-14-21-22(26-27)16(2)24-25-23(21)20-9-5-7-17-6-3-4-8-19(17)20/h3-14H,1-2H3. The van der Waals surface area contributed by atoms with E-state index in [2.05, 4.69) is 90.0 Å². The minimum absolute atomic E-state index is 0.833. The second-order valence-electron chi connectivity index (χ2n) is 6.83. The van der Waals surface area contributed by atoms with Crippen LogP contribution >= 0.6 is 0 Å². The molecular weight excluding hydrogens is 332 g/mol. The lowest BCUT2D eigenvalue weighted by atomic mass is 10.0. The van der Waals surface area contributed by atoms with Gasteiger partial charge in [0.1, 0.15) is 11.2 Å². The maximum absolute atomic E-state index is 4.79. The number of aromatic nitrogens is 4. The average Bonchev–Trinajstić information content (AvgIpc) is 3.15. The molecule has 5 rings (SSSR count). The fourth-order valence-corrected chi connectivity index (χ4v) is 3.50. The smallest absolute Gasteiger partial charge is 0.118 e. The molecule has 4 heteroatoms. The van der Waals surface area contributed by atoms with E-state index >= 15 is 0 Å². The predicted molar refractivity (Wildman–Crippen MR) is 109 cm³/mol. The Hall–Kier alpha value is -3.53. The molecule has 0 bridgehead atoms. The highest BCUT2D eigenvalue weighted by atomic mass is 15.3. The summed E-state index contributed by atoms with van der Waals surface area (Å²) in [7, 11) is 0. The van der Waals surface area contributed by atoms with Gasteiger partial charge < -0.3 is 0 Å². The number of nitrogens with zero attached hydrogens (tertiary/aromatic N) is 4. The Morgan fingerprint density at radius 3 is 2.37 bits per heavy atom. The van der Waals surface area contributed by atoms with E-state index < -0.39 is 0 Å². The van der Waals surface area contributed by atoms with Crippen molar-refractivity contribution in [3.63, 3.8) is 0 Å². The lowest BCUT2D eigenvalue weighted by molar-refractivity contribution is 0.890. The van der Waals surface area contributed by atoms with Crippen LogP contribution in [-0.2, 0) is 0 Å². The Balaban J connectivity index is 1.78. The number of benzene rings is 3. The molecule has 0 aliphatic rings. The molecule has 0 amide bonds. The molecule has 0 aliphatic heterocycles. The zero-order valence-electron chi connectivity index (χ0n) is 15.2. The molecule has 2 aromatic heterocycles. The van der Waals surface area contributed by atoms with Gasteiger partial charge in [0.25, 0.3) is 0 Å². The zero-order valence-corrected chi connectivity index (χ0v) is 15.2. The van der Waals surface area contributed by atoms with Gasteiger partial charge in [-0.2, -0.15) is 10.2 Å². The van der Waals surface area contributed by atoms with Crippen LogP contribution in [0.25, 0.3) is 38.6 Å². The Morgan fingerprint density at radius 1 is 0.741 bits per heavy atom. The number of hydrogen-bond acceptors (Lipinski definition) is 3. The fraction of sp³-hybridized carbons (Fsp3) is 0.0870. The first-order valence-corrected chi connectivity index (χ1v) is 8.98. The molecule has 0 atom stereocenters. The molecule has 0 fully saturated rings. The SMILES string of the molecule is Cc1ccc(-n2cc3c(-c4cccc5ccccc45)nnc(C)c3n2)cc1. The summed E-state index contributed by atoms with van der Waals surface area (Å²) < 4.78 is 1.91. The van der Waals surface area contributed by atoms with Crippen molar-refractivity contribution in [3.8, 4) is 16.9 Å². The molecular formula is C23H18N4. The Morgan fingerprint density at radius 2 is 1.52 bits per heavy atom. The van der Waals surface area contributed by atoms with Gasteiger partial charge in [-0.3, -0.25) is 0 Å². The topological polar surface area (TPSA) is 43.6 Å². The quantitative estimate of drug-likeness (QED) is 0.436. The number of fused-ring (bicyclic) bond motifs is 2. The third kappa shape index (κ3) is 2.57. The molecule has 0 saturated carbocycles. The molecule has 27 heavy (non-hydrogen) atoms. The summed E-state index contributed by atoms with van der Waals surface area (Å²) in [5, 5.41) is 17.1. The lowest BCUT2D eigenvalue weighted by Crippen LogP contribution is -1.95. The van der Waals surface area contributed by atoms with E-state index in [0.29, 0.717) is 0 Å². The highest BCUT2D eigenvalue weighted by Gasteiger charge is 2.15. The zero-order chi connectivity index (χ0) is 18.4. The van der Waals surface area contributed by atoms with Gasteiger partial charge >= 0.3 is 0 Å². The van der Waals surface area contributed by atoms with E-state index in [9.17, 15) is 0 Å². The van der Waals surface area contributed by atoms with Crippen LogP contribution in [-0.4, -0.2) is 20.0 Å². The molecule has 130 valence electrons. The Kier molecular flexibility index (Phi) is 3.50. The molecule has 0 N–H and O–H groups in total. The first-order valence-electron chi connectivity index (χ1n) is 8.98. The van der Waals surface area contributed by atoms with Gasteiger partial charge in [0.05, 0.1) is 16.8 Å². The van der Waals surface area contributed by atoms with Crippen LogP contribution in [0.2, 0.25) is 0 Å². The average molecular weight is 350 g/mol. The first-order chi connectivity index (χ1) is 13.2. The summed E-state index contributed by atoms with van der Waals surface area (Å²) in [6, 6.07) is 23.0. The summed E-state index contributed by atoms with van der Waals surface area (Å²) in [6.45, 7) is 4.04. The van der Waals surface area contributed by atoms with Gasteiger partial charge in [-0.25, -0.2) is 4.68 Å². The molecule has 0 aliphatic carbocycles. The van der Waals surface area contributed by atoms with Gasteiger partial charge in [-0.05, 0) is 36.8 Å². The molecule has 0 spiro atoms. The molecule has 2 heterocycles. The Labute approximate surface area is 157 Å². The van der Waals surface area contributed by atoms with Crippen LogP contribution < -0.4 is 0 Å². The molecule has 3 aromatic carbocycles. The maximum Gasteiger partial charge on any atom is 0.118 e. The van der Waals surface area contributed by atoms with Crippen LogP contribution in [0.15, 0.2) is 72.9 Å². The molecule has 0 saturated heterocycles. The van der Waals surface area contributed by atoms with E-state index in [1.807, 2.05) is 11.6 Å². The molecule has 0 radical (unpaired) electrons. The molecule has 0 unspecified atom stereocenters. The summed E-state index contributed by atoms with van der Waals surface area (Å²) >= 11 is 0. The van der Waals surface area contributed by atoms with Crippen molar-refractivity contribution in [1.29, 1.82) is 0 Å². The largest absolute Gasteiger partial charge is 0.240 e. The van der Waals surface area contributed by atoms with Crippen LogP contribution in [0.5, 0.6) is 0 Å². The van der Waals surface area contributed by atoms with Crippen molar-refractivity contribution >= 4 is 21.7 Å². The van der Waals surface area contributed by atoms with Crippen molar-refractivity contribution in [3.05, 3.63) is 84.2 Å². The van der Waals surface area contributed by atoms with Crippen molar-refractivity contribution in [2.75, 3.05) is 0 Å². The fourth-order valence-electron chi connectivity index (χ4n) is 3.50.